The predicted octanol–water partition coefficient (Wildman–Crippen LogP) is 11.2. The maximum absolute atomic E-state index is 6.75. The lowest BCUT2D eigenvalue weighted by atomic mass is 9.86. The molecular weight excluding hydrogens is 576 g/mol. The molecule has 5 nitrogen and oxygen atoms in total. The van der Waals surface area contributed by atoms with Crippen LogP contribution >= 0.6 is 0 Å². The van der Waals surface area contributed by atoms with Crippen molar-refractivity contribution >= 4 is 32.8 Å². The monoisotopic (exact) mass is 620 g/mol. The number of para-hydroxylation sites is 1. The minimum absolute atomic E-state index is 0.00930. The smallest absolute Gasteiger partial charge is 0.137 e. The molecule has 0 bridgehead atoms. The molecule has 5 heteroatoms. The van der Waals surface area contributed by atoms with Gasteiger partial charge in [-0.1, -0.05) is 86.6 Å². The Kier molecular flexibility index (Phi) is 7.09. The van der Waals surface area contributed by atoms with Crippen molar-refractivity contribution in [3.05, 3.63) is 120 Å². The van der Waals surface area contributed by atoms with E-state index in [1.165, 1.54) is 27.5 Å². The molecule has 238 valence electrons. The molecule has 4 aromatic carbocycles. The molecule has 7 aromatic rings. The highest BCUT2D eigenvalue weighted by atomic mass is 16.5. The highest BCUT2D eigenvalue weighted by Crippen LogP contribution is 2.38. The fourth-order valence-corrected chi connectivity index (χ4v) is 6.30. The Bertz CT molecular complexity index is 2280. The summed E-state index contributed by atoms with van der Waals surface area (Å²) in [5, 5.41) is 2.36. The Morgan fingerprint density at radius 3 is 1.98 bits per heavy atom. The molecule has 0 atom stereocenters. The first kappa shape index (κ1) is 30.7. The quantitative estimate of drug-likeness (QED) is 0.197. The Morgan fingerprint density at radius 2 is 1.23 bits per heavy atom. The number of fused-ring (bicyclic) bond motifs is 4. The van der Waals surface area contributed by atoms with Crippen LogP contribution in [0.3, 0.4) is 0 Å². The standard InChI is InChI=1S/C42H44N4O/c1-40(2,3)27-14-17-35-38(22-27)45(26-44-35)30-20-29(42(7,8)9)21-32(24-30)47-31-15-16-34-33-12-10-11-13-36(33)46(37(34)25-31)39-23-28(18-19-43-39)41(4,5)6/h10-26H,1-9H3. The molecule has 47 heavy (non-hydrogen) atoms. The van der Waals surface area contributed by atoms with E-state index in [4.69, 9.17) is 14.7 Å². The third-order valence-electron chi connectivity index (χ3n) is 9.17. The summed E-state index contributed by atoms with van der Waals surface area (Å²) in [6.45, 7) is 20.2. The van der Waals surface area contributed by atoms with E-state index in [2.05, 4.69) is 162 Å². The summed E-state index contributed by atoms with van der Waals surface area (Å²) in [5.41, 5.74) is 8.95. The van der Waals surface area contributed by atoms with E-state index in [0.29, 0.717) is 0 Å². The molecule has 0 unspecified atom stereocenters. The van der Waals surface area contributed by atoms with Crippen LogP contribution in [0.25, 0.3) is 44.3 Å². The number of hydrogen-bond acceptors (Lipinski definition) is 3. The van der Waals surface area contributed by atoms with Crippen LogP contribution in [0, 0.1) is 0 Å². The predicted molar refractivity (Wildman–Crippen MR) is 196 cm³/mol. The number of imidazole rings is 1. The van der Waals surface area contributed by atoms with Crippen LogP contribution in [-0.4, -0.2) is 19.1 Å². The maximum atomic E-state index is 6.75. The third kappa shape index (κ3) is 5.69. The van der Waals surface area contributed by atoms with Gasteiger partial charge < -0.3 is 4.74 Å². The second-order valence-electron chi connectivity index (χ2n) is 15.8. The Morgan fingerprint density at radius 1 is 0.532 bits per heavy atom. The summed E-state index contributed by atoms with van der Waals surface area (Å²) < 4.78 is 11.2. The van der Waals surface area contributed by atoms with Crippen molar-refractivity contribution in [2.45, 2.75) is 78.6 Å². The van der Waals surface area contributed by atoms with E-state index in [-0.39, 0.29) is 16.2 Å². The van der Waals surface area contributed by atoms with Gasteiger partial charge in [0.15, 0.2) is 0 Å². The maximum Gasteiger partial charge on any atom is 0.137 e. The first-order chi connectivity index (χ1) is 22.2. The topological polar surface area (TPSA) is 44.9 Å². The molecule has 0 radical (unpaired) electrons. The summed E-state index contributed by atoms with van der Waals surface area (Å²) >= 11 is 0. The lowest BCUT2D eigenvalue weighted by molar-refractivity contribution is 0.479. The Balaban J connectivity index is 1.36. The van der Waals surface area contributed by atoms with Crippen molar-refractivity contribution in [1.29, 1.82) is 0 Å². The number of benzene rings is 4. The van der Waals surface area contributed by atoms with E-state index in [9.17, 15) is 0 Å². The van der Waals surface area contributed by atoms with Gasteiger partial charge >= 0.3 is 0 Å². The summed E-state index contributed by atoms with van der Waals surface area (Å²) in [6.07, 6.45) is 3.84. The normalized spacial score (nSPS) is 12.8. The van der Waals surface area contributed by atoms with Gasteiger partial charge in [0, 0.05) is 29.1 Å². The Labute approximate surface area is 277 Å². The van der Waals surface area contributed by atoms with Crippen LogP contribution in [0.2, 0.25) is 0 Å². The zero-order valence-corrected chi connectivity index (χ0v) is 29.0. The van der Waals surface area contributed by atoms with Gasteiger partial charge in [0.1, 0.15) is 23.6 Å². The van der Waals surface area contributed by atoms with Gasteiger partial charge in [-0.15, -0.1) is 0 Å². The van der Waals surface area contributed by atoms with Gasteiger partial charge in [0.25, 0.3) is 0 Å². The highest BCUT2D eigenvalue weighted by Gasteiger charge is 2.21. The van der Waals surface area contributed by atoms with Crippen LogP contribution in [0.4, 0.5) is 0 Å². The van der Waals surface area contributed by atoms with Gasteiger partial charge in [-0.25, -0.2) is 9.97 Å². The lowest BCUT2D eigenvalue weighted by Crippen LogP contribution is -2.12. The molecular formula is C42H44N4O. The van der Waals surface area contributed by atoms with Crippen molar-refractivity contribution in [2.24, 2.45) is 0 Å². The minimum atomic E-state index is -0.0821. The Hall–Kier alpha value is -4.90. The SMILES string of the molecule is CC(C)(C)c1cc(Oc2ccc3c4ccccc4n(-c4cc(C(C)(C)C)ccn4)c3c2)cc(-n2cnc3ccc(C(C)(C)C)cc32)c1. The fourth-order valence-electron chi connectivity index (χ4n) is 6.30. The van der Waals surface area contributed by atoms with Crippen LogP contribution in [0.5, 0.6) is 11.5 Å². The molecule has 0 aliphatic rings. The lowest BCUT2D eigenvalue weighted by Gasteiger charge is -2.22. The zero-order valence-electron chi connectivity index (χ0n) is 29.0. The number of ether oxygens (including phenoxy) is 1. The van der Waals surface area contributed by atoms with Gasteiger partial charge in [0.05, 0.1) is 27.8 Å². The summed E-state index contributed by atoms with van der Waals surface area (Å²) in [6, 6.07) is 32.4. The molecule has 7 rings (SSSR count). The number of aromatic nitrogens is 4. The van der Waals surface area contributed by atoms with Gasteiger partial charge in [-0.2, -0.15) is 0 Å². The molecule has 0 saturated heterocycles. The second kappa shape index (κ2) is 10.8. The van der Waals surface area contributed by atoms with Crippen molar-refractivity contribution in [3.8, 4) is 23.0 Å². The summed E-state index contributed by atoms with van der Waals surface area (Å²) in [5.74, 6) is 2.46. The molecule has 0 fully saturated rings. The third-order valence-corrected chi connectivity index (χ3v) is 9.17. The number of rotatable bonds is 4. The number of pyridine rings is 1. The second-order valence-corrected chi connectivity index (χ2v) is 15.8. The van der Waals surface area contributed by atoms with E-state index in [0.717, 1.165) is 45.1 Å². The van der Waals surface area contributed by atoms with E-state index >= 15 is 0 Å². The van der Waals surface area contributed by atoms with Crippen LogP contribution in [0.1, 0.15) is 79.0 Å². The molecule has 0 N–H and O–H groups in total. The molecule has 0 amide bonds. The van der Waals surface area contributed by atoms with Crippen molar-refractivity contribution in [1.82, 2.24) is 19.1 Å². The number of hydrogen-bond donors (Lipinski definition) is 0. The summed E-state index contributed by atoms with van der Waals surface area (Å²) in [4.78, 5) is 9.60. The van der Waals surface area contributed by atoms with E-state index in [1.807, 2.05) is 12.5 Å². The van der Waals surface area contributed by atoms with E-state index in [1.54, 1.807) is 0 Å². The molecule has 0 aliphatic heterocycles. The molecule has 3 heterocycles. The van der Waals surface area contributed by atoms with Gasteiger partial charge in [-0.05, 0) is 87.5 Å². The van der Waals surface area contributed by atoms with Crippen molar-refractivity contribution in [2.75, 3.05) is 0 Å². The average Bonchev–Trinajstić information content (AvgIpc) is 3.58. The van der Waals surface area contributed by atoms with Gasteiger partial charge in [0.2, 0.25) is 0 Å². The van der Waals surface area contributed by atoms with Gasteiger partial charge in [-0.3, -0.25) is 9.13 Å². The van der Waals surface area contributed by atoms with E-state index < -0.39 is 0 Å². The zero-order chi connectivity index (χ0) is 33.3. The summed E-state index contributed by atoms with van der Waals surface area (Å²) in [7, 11) is 0. The largest absolute Gasteiger partial charge is 0.457 e. The molecule has 0 aliphatic carbocycles. The highest BCUT2D eigenvalue weighted by molar-refractivity contribution is 6.09. The number of nitrogens with zero attached hydrogens (tertiary/aromatic N) is 4. The molecule has 3 aromatic heterocycles. The molecule has 0 saturated carbocycles. The average molecular weight is 621 g/mol. The first-order valence-corrected chi connectivity index (χ1v) is 16.5. The van der Waals surface area contributed by atoms with Crippen LogP contribution in [-0.2, 0) is 16.2 Å². The molecule has 0 spiro atoms. The van der Waals surface area contributed by atoms with Crippen LogP contribution in [0.15, 0.2) is 104 Å². The van der Waals surface area contributed by atoms with Crippen LogP contribution < -0.4 is 4.74 Å². The minimum Gasteiger partial charge on any atom is -0.457 e. The first-order valence-electron chi connectivity index (χ1n) is 16.5. The fraction of sp³-hybridized carbons (Fsp3) is 0.286. The van der Waals surface area contributed by atoms with Crippen molar-refractivity contribution < 1.29 is 4.74 Å². The van der Waals surface area contributed by atoms with Crippen molar-refractivity contribution in [3.63, 3.8) is 0 Å².